The van der Waals surface area contributed by atoms with Crippen LogP contribution in [0.15, 0.2) is 33.5 Å². The van der Waals surface area contributed by atoms with Crippen molar-refractivity contribution in [3.8, 4) is 5.95 Å². The van der Waals surface area contributed by atoms with Crippen molar-refractivity contribution in [3.05, 3.63) is 29.9 Å². The Bertz CT molecular complexity index is 698. The van der Waals surface area contributed by atoms with E-state index < -0.39 is 0 Å². The number of aromatic nitrogens is 7. The number of imidazole rings is 1. The molecule has 0 unspecified atom stereocenters. The molecule has 0 amide bonds. The predicted molar refractivity (Wildman–Crippen MR) is 65.1 cm³/mol. The third-order valence-corrected chi connectivity index (χ3v) is 2.87. The quantitative estimate of drug-likeness (QED) is 0.718. The second kappa shape index (κ2) is 4.94. The Kier molecular flexibility index (Phi) is 3.13. The zero-order valence-electron chi connectivity index (χ0n) is 9.56. The lowest BCUT2D eigenvalue weighted by atomic mass is 10.8. The summed E-state index contributed by atoms with van der Waals surface area (Å²) in [5.41, 5.74) is 0. The van der Waals surface area contributed by atoms with E-state index in [-0.39, 0.29) is 5.28 Å². The Morgan fingerprint density at radius 2 is 2.16 bits per heavy atom. The average molecular weight is 296 g/mol. The van der Waals surface area contributed by atoms with Gasteiger partial charge in [-0.2, -0.15) is 15.0 Å². The fraction of sp³-hybridized carbons (Fsp3) is 0.111. The fourth-order valence-electron chi connectivity index (χ4n) is 1.26. The van der Waals surface area contributed by atoms with Crippen molar-refractivity contribution in [2.24, 2.45) is 0 Å². The molecule has 8 nitrogen and oxygen atoms in total. The molecule has 0 saturated carbocycles. The highest BCUT2D eigenvalue weighted by molar-refractivity contribution is 7.98. The molecule has 3 rings (SSSR count). The summed E-state index contributed by atoms with van der Waals surface area (Å²) >= 11 is 6.98. The zero-order chi connectivity index (χ0) is 13.2. The van der Waals surface area contributed by atoms with Crippen molar-refractivity contribution in [1.29, 1.82) is 0 Å². The number of rotatable bonds is 3. The van der Waals surface area contributed by atoms with Gasteiger partial charge in [0, 0.05) is 31.1 Å². The number of nitrogens with zero attached hydrogens (tertiary/aromatic N) is 7. The molecule has 0 fully saturated rings. The van der Waals surface area contributed by atoms with Crippen molar-refractivity contribution in [3.63, 3.8) is 0 Å². The van der Waals surface area contributed by atoms with Gasteiger partial charge in [-0.25, -0.2) is 4.98 Å². The molecule has 0 aromatic carbocycles. The van der Waals surface area contributed by atoms with Gasteiger partial charge >= 0.3 is 0 Å². The molecule has 0 aliphatic rings. The van der Waals surface area contributed by atoms with Gasteiger partial charge in [0.25, 0.3) is 5.22 Å². The summed E-state index contributed by atoms with van der Waals surface area (Å²) in [4.78, 5) is 16.2. The molecule has 19 heavy (non-hydrogen) atoms. The van der Waals surface area contributed by atoms with Crippen LogP contribution < -0.4 is 0 Å². The molecule has 0 spiro atoms. The Labute approximate surface area is 116 Å². The van der Waals surface area contributed by atoms with Crippen molar-refractivity contribution >= 4 is 23.4 Å². The van der Waals surface area contributed by atoms with E-state index in [0.717, 1.165) is 11.8 Å². The van der Waals surface area contributed by atoms with Gasteiger partial charge in [-0.1, -0.05) is 0 Å². The van der Waals surface area contributed by atoms with Crippen LogP contribution in [-0.2, 0) is 0 Å². The van der Waals surface area contributed by atoms with Gasteiger partial charge < -0.3 is 4.42 Å². The zero-order valence-corrected chi connectivity index (χ0v) is 11.1. The molecule has 0 bridgehead atoms. The minimum Gasteiger partial charge on any atom is -0.416 e. The molecule has 0 aliphatic carbocycles. The Balaban J connectivity index is 1.94. The first-order valence-corrected chi connectivity index (χ1v) is 6.28. The summed E-state index contributed by atoms with van der Waals surface area (Å²) in [6.45, 7) is 1.70. The molecule has 3 heterocycles. The summed E-state index contributed by atoms with van der Waals surface area (Å²) in [6, 6.07) is 0. The van der Waals surface area contributed by atoms with Gasteiger partial charge in [-0.05, 0) is 11.6 Å². The van der Waals surface area contributed by atoms with Gasteiger partial charge in [0.1, 0.15) is 6.33 Å². The van der Waals surface area contributed by atoms with Crippen LogP contribution in [0.5, 0.6) is 0 Å². The van der Waals surface area contributed by atoms with Crippen molar-refractivity contribution in [2.45, 2.75) is 17.3 Å². The minimum absolute atomic E-state index is 0.0810. The standard InChI is InChI=1S/C9H6ClN7OS/c1-5-15-16-9(18-5)19-8-13-6(10)12-7(14-8)17-3-2-11-4-17/h2-4H,1H3. The summed E-state index contributed by atoms with van der Waals surface area (Å²) in [6.07, 6.45) is 4.89. The van der Waals surface area contributed by atoms with Gasteiger partial charge in [-0.3, -0.25) is 4.57 Å². The maximum absolute atomic E-state index is 5.86. The van der Waals surface area contributed by atoms with Crippen molar-refractivity contribution < 1.29 is 4.42 Å². The lowest BCUT2D eigenvalue weighted by Crippen LogP contribution is -2.02. The fourth-order valence-corrected chi connectivity index (χ4v) is 2.12. The van der Waals surface area contributed by atoms with Gasteiger partial charge in [0.15, 0.2) is 0 Å². The van der Waals surface area contributed by atoms with E-state index in [1.807, 2.05) is 0 Å². The SMILES string of the molecule is Cc1nnc(Sc2nc(Cl)nc(-n3ccnc3)n2)o1. The monoisotopic (exact) mass is 295 g/mol. The third kappa shape index (κ3) is 2.71. The van der Waals surface area contributed by atoms with Crippen LogP contribution in [0.2, 0.25) is 5.28 Å². The highest BCUT2D eigenvalue weighted by Crippen LogP contribution is 2.24. The van der Waals surface area contributed by atoms with Crippen molar-refractivity contribution in [1.82, 2.24) is 34.7 Å². The third-order valence-electron chi connectivity index (χ3n) is 2.00. The second-order valence-corrected chi connectivity index (χ2v) is 4.60. The largest absolute Gasteiger partial charge is 0.416 e. The molecule has 0 atom stereocenters. The molecule has 3 aromatic heterocycles. The highest BCUT2D eigenvalue weighted by Gasteiger charge is 2.11. The van der Waals surface area contributed by atoms with Crippen LogP contribution in [-0.4, -0.2) is 34.7 Å². The molecule has 96 valence electrons. The summed E-state index contributed by atoms with van der Waals surface area (Å²) in [5.74, 6) is 0.841. The molecule has 10 heteroatoms. The molecular formula is C9H6ClN7OS. The Morgan fingerprint density at radius 3 is 2.84 bits per heavy atom. The summed E-state index contributed by atoms with van der Waals surface area (Å²) < 4.78 is 6.86. The maximum atomic E-state index is 5.86. The van der Waals surface area contributed by atoms with E-state index in [1.54, 1.807) is 30.2 Å². The van der Waals surface area contributed by atoms with E-state index in [4.69, 9.17) is 16.0 Å². The summed E-state index contributed by atoms with van der Waals surface area (Å²) in [7, 11) is 0. The predicted octanol–water partition coefficient (Wildman–Crippen LogP) is 1.55. The lowest BCUT2D eigenvalue weighted by Gasteiger charge is -2.01. The van der Waals surface area contributed by atoms with E-state index in [2.05, 4.69) is 30.1 Å². The highest BCUT2D eigenvalue weighted by atomic mass is 35.5. The van der Waals surface area contributed by atoms with Crippen molar-refractivity contribution in [2.75, 3.05) is 0 Å². The van der Waals surface area contributed by atoms with E-state index in [9.17, 15) is 0 Å². The van der Waals surface area contributed by atoms with Crippen LogP contribution >= 0.6 is 23.4 Å². The normalized spacial score (nSPS) is 10.8. The first kappa shape index (κ1) is 12.1. The number of hydrogen-bond acceptors (Lipinski definition) is 8. The van der Waals surface area contributed by atoms with E-state index in [0.29, 0.717) is 22.2 Å². The lowest BCUT2D eigenvalue weighted by molar-refractivity contribution is 0.429. The molecule has 0 N–H and O–H groups in total. The van der Waals surface area contributed by atoms with E-state index >= 15 is 0 Å². The van der Waals surface area contributed by atoms with Gasteiger partial charge in [-0.15, -0.1) is 10.2 Å². The number of halogens is 1. The average Bonchev–Trinajstić information content (AvgIpc) is 3.00. The first-order chi connectivity index (χ1) is 9.20. The molecule has 0 aliphatic heterocycles. The van der Waals surface area contributed by atoms with Crippen LogP contribution in [0.25, 0.3) is 5.95 Å². The van der Waals surface area contributed by atoms with Gasteiger partial charge in [0.05, 0.1) is 0 Å². The van der Waals surface area contributed by atoms with Gasteiger partial charge in [0.2, 0.25) is 22.3 Å². The Hall–Kier alpha value is -2.00. The minimum atomic E-state index is 0.0810. The second-order valence-electron chi connectivity index (χ2n) is 3.35. The van der Waals surface area contributed by atoms with Crippen LogP contribution in [0, 0.1) is 6.92 Å². The first-order valence-electron chi connectivity index (χ1n) is 5.08. The van der Waals surface area contributed by atoms with Crippen LogP contribution in [0.3, 0.4) is 0 Å². The number of aryl methyl sites for hydroxylation is 1. The smallest absolute Gasteiger partial charge is 0.284 e. The molecule has 0 saturated heterocycles. The molecular weight excluding hydrogens is 290 g/mol. The van der Waals surface area contributed by atoms with Crippen LogP contribution in [0.1, 0.15) is 5.89 Å². The topological polar surface area (TPSA) is 95.4 Å². The number of hydrogen-bond donors (Lipinski definition) is 0. The summed E-state index contributed by atoms with van der Waals surface area (Å²) in [5, 5.41) is 8.36. The molecule has 3 aromatic rings. The van der Waals surface area contributed by atoms with E-state index in [1.165, 1.54) is 0 Å². The maximum Gasteiger partial charge on any atom is 0.284 e. The van der Waals surface area contributed by atoms with Crippen LogP contribution in [0.4, 0.5) is 0 Å². The molecule has 0 radical (unpaired) electrons. The Morgan fingerprint density at radius 1 is 1.26 bits per heavy atom.